The number of aromatic nitrogens is 4. The smallest absolute Gasteiger partial charge is 0.276 e. The van der Waals surface area contributed by atoms with Crippen molar-refractivity contribution in [3.05, 3.63) is 25.9 Å². The van der Waals surface area contributed by atoms with Crippen molar-refractivity contribution in [3.8, 4) is 0 Å². The van der Waals surface area contributed by atoms with E-state index in [1.54, 1.807) is 24.7 Å². The van der Waals surface area contributed by atoms with Crippen LogP contribution >= 0.6 is 22.6 Å². The molecule has 0 bridgehead atoms. The summed E-state index contributed by atoms with van der Waals surface area (Å²) in [5, 5.41) is 4.07. The Kier molecular flexibility index (Phi) is 1.86. The Labute approximate surface area is 87.5 Å². The van der Waals surface area contributed by atoms with Crippen molar-refractivity contribution < 1.29 is 0 Å². The zero-order chi connectivity index (χ0) is 9.59. The molecule has 2 rings (SSSR count). The molecule has 0 spiro atoms. The molecule has 0 atom stereocenters. The molecule has 2 heterocycles. The lowest BCUT2D eigenvalue weighted by molar-refractivity contribution is 0.752. The minimum absolute atomic E-state index is 0.102. The van der Waals surface area contributed by atoms with E-state index in [-0.39, 0.29) is 5.56 Å². The predicted octanol–water partition coefficient (Wildman–Crippen LogP) is 0.341. The maximum absolute atomic E-state index is 11.4. The molecule has 0 aliphatic carbocycles. The number of hydrogen-bond donors (Lipinski definition) is 0. The molecule has 0 aliphatic rings. The lowest BCUT2D eigenvalue weighted by atomic mass is 10.5. The molecular formula is C7H7IN4O. The van der Waals surface area contributed by atoms with E-state index in [9.17, 15) is 4.79 Å². The number of hydrogen-bond acceptors (Lipinski definition) is 3. The van der Waals surface area contributed by atoms with Crippen molar-refractivity contribution in [3.63, 3.8) is 0 Å². The van der Waals surface area contributed by atoms with E-state index in [0.29, 0.717) is 11.5 Å². The average Bonchev–Trinajstić information content (AvgIpc) is 2.42. The normalized spacial score (nSPS) is 11.0. The number of fused-ring (bicyclic) bond motifs is 1. The van der Waals surface area contributed by atoms with Gasteiger partial charge in [0.05, 0.1) is 6.20 Å². The van der Waals surface area contributed by atoms with Gasteiger partial charge in [0.15, 0.2) is 0 Å². The largest absolute Gasteiger partial charge is 0.279 e. The van der Waals surface area contributed by atoms with Gasteiger partial charge in [-0.15, -0.1) is 0 Å². The molecule has 0 fully saturated rings. The second-order valence-corrected chi connectivity index (χ2v) is 3.86. The molecule has 0 aliphatic heterocycles. The predicted molar refractivity (Wildman–Crippen MR) is 55.7 cm³/mol. The van der Waals surface area contributed by atoms with Gasteiger partial charge in [-0.05, 0) is 29.5 Å². The Morgan fingerprint density at radius 3 is 2.92 bits per heavy atom. The fourth-order valence-corrected chi connectivity index (χ4v) is 1.65. The van der Waals surface area contributed by atoms with Gasteiger partial charge in [-0.25, -0.2) is 9.50 Å². The highest BCUT2D eigenvalue weighted by molar-refractivity contribution is 14.1. The first-order chi connectivity index (χ1) is 6.09. The summed E-state index contributed by atoms with van der Waals surface area (Å²) in [6.07, 6.45) is 1.78. The molecule has 0 saturated carbocycles. The second-order valence-electron chi connectivity index (χ2n) is 2.76. The Hall–Kier alpha value is -0.920. The van der Waals surface area contributed by atoms with E-state index in [4.69, 9.17) is 0 Å². The summed E-state index contributed by atoms with van der Waals surface area (Å²) >= 11 is 2.09. The minimum Gasteiger partial charge on any atom is -0.279 e. The maximum atomic E-state index is 11.4. The standard InChI is InChI=1S/C7H7IN4O/c1-4-6(13)11(2)7-9-5(8)3-12(7)10-4/h3H,1-2H3. The molecule has 0 unspecified atom stereocenters. The zero-order valence-corrected chi connectivity index (χ0v) is 9.31. The quantitative estimate of drug-likeness (QED) is 0.658. The van der Waals surface area contributed by atoms with Gasteiger partial charge in [-0.1, -0.05) is 0 Å². The Morgan fingerprint density at radius 1 is 1.54 bits per heavy atom. The molecule has 13 heavy (non-hydrogen) atoms. The van der Waals surface area contributed by atoms with Crippen molar-refractivity contribution in [2.24, 2.45) is 7.05 Å². The molecule has 0 aromatic carbocycles. The molecule has 2 aromatic rings. The van der Waals surface area contributed by atoms with Gasteiger partial charge in [-0.2, -0.15) is 5.10 Å². The molecular weight excluding hydrogens is 283 g/mol. The fourth-order valence-electron chi connectivity index (χ4n) is 1.17. The molecule has 0 amide bonds. The first-order valence-electron chi connectivity index (χ1n) is 3.68. The molecule has 5 nitrogen and oxygen atoms in total. The van der Waals surface area contributed by atoms with Gasteiger partial charge in [-0.3, -0.25) is 9.36 Å². The summed E-state index contributed by atoms with van der Waals surface area (Å²) in [5.74, 6) is 0.569. The number of rotatable bonds is 0. The van der Waals surface area contributed by atoms with Gasteiger partial charge in [0.2, 0.25) is 5.78 Å². The third-order valence-corrected chi connectivity index (χ3v) is 2.33. The third-order valence-electron chi connectivity index (χ3n) is 1.81. The van der Waals surface area contributed by atoms with Crippen LogP contribution in [-0.2, 0) is 7.05 Å². The van der Waals surface area contributed by atoms with E-state index in [0.717, 1.165) is 3.70 Å². The highest BCUT2D eigenvalue weighted by atomic mass is 127. The van der Waals surface area contributed by atoms with E-state index < -0.39 is 0 Å². The lowest BCUT2D eigenvalue weighted by Crippen LogP contribution is -2.23. The van der Waals surface area contributed by atoms with Gasteiger partial charge in [0, 0.05) is 7.05 Å². The maximum Gasteiger partial charge on any atom is 0.276 e. The van der Waals surface area contributed by atoms with Crippen LogP contribution in [0.3, 0.4) is 0 Å². The van der Waals surface area contributed by atoms with Gasteiger partial charge in [0.1, 0.15) is 9.39 Å². The SMILES string of the molecule is Cc1nn2cc(I)nc2n(C)c1=O. The van der Waals surface area contributed by atoms with Crippen LogP contribution in [0.2, 0.25) is 0 Å². The first kappa shape index (κ1) is 8.67. The number of halogens is 1. The van der Waals surface area contributed by atoms with Crippen LogP contribution in [-0.4, -0.2) is 19.2 Å². The zero-order valence-electron chi connectivity index (χ0n) is 7.15. The van der Waals surface area contributed by atoms with Crippen LogP contribution < -0.4 is 5.56 Å². The van der Waals surface area contributed by atoms with Crippen LogP contribution in [0.5, 0.6) is 0 Å². The van der Waals surface area contributed by atoms with Crippen molar-refractivity contribution in [1.29, 1.82) is 0 Å². The van der Waals surface area contributed by atoms with Crippen LogP contribution in [0, 0.1) is 10.6 Å². The summed E-state index contributed by atoms with van der Waals surface area (Å²) in [7, 11) is 1.69. The van der Waals surface area contributed by atoms with Crippen molar-refractivity contribution in [2.75, 3.05) is 0 Å². The minimum atomic E-state index is -0.102. The monoisotopic (exact) mass is 290 g/mol. The average molecular weight is 290 g/mol. The van der Waals surface area contributed by atoms with Gasteiger partial charge < -0.3 is 0 Å². The summed E-state index contributed by atoms with van der Waals surface area (Å²) in [6.45, 7) is 1.69. The van der Waals surface area contributed by atoms with Crippen molar-refractivity contribution in [2.45, 2.75) is 6.92 Å². The number of nitrogens with zero attached hydrogens (tertiary/aromatic N) is 4. The van der Waals surface area contributed by atoms with E-state index in [1.807, 2.05) is 0 Å². The topological polar surface area (TPSA) is 52.2 Å². The number of aryl methyl sites for hydroxylation is 2. The summed E-state index contributed by atoms with van der Waals surface area (Å²) in [6, 6.07) is 0. The van der Waals surface area contributed by atoms with Crippen LogP contribution in [0.15, 0.2) is 11.0 Å². The summed E-state index contributed by atoms with van der Waals surface area (Å²) in [5.41, 5.74) is 0.373. The van der Waals surface area contributed by atoms with Crippen LogP contribution in [0.25, 0.3) is 5.78 Å². The van der Waals surface area contributed by atoms with Crippen LogP contribution in [0.4, 0.5) is 0 Å². The number of imidazole rings is 1. The second kappa shape index (κ2) is 2.79. The Balaban J connectivity index is 3.01. The molecule has 0 N–H and O–H groups in total. The van der Waals surface area contributed by atoms with E-state index in [1.165, 1.54) is 4.57 Å². The third kappa shape index (κ3) is 1.25. The first-order valence-corrected chi connectivity index (χ1v) is 4.76. The van der Waals surface area contributed by atoms with E-state index in [2.05, 4.69) is 32.7 Å². The molecule has 68 valence electrons. The molecule has 2 aromatic heterocycles. The fraction of sp³-hybridized carbons (Fsp3) is 0.286. The highest BCUT2D eigenvalue weighted by Gasteiger charge is 2.06. The lowest BCUT2D eigenvalue weighted by Gasteiger charge is -2.00. The highest BCUT2D eigenvalue weighted by Crippen LogP contribution is 2.03. The molecule has 6 heteroatoms. The van der Waals surface area contributed by atoms with Crippen molar-refractivity contribution >= 4 is 28.4 Å². The Bertz CT molecular complexity index is 527. The van der Waals surface area contributed by atoms with Crippen LogP contribution in [0.1, 0.15) is 5.69 Å². The molecule has 0 saturated heterocycles. The summed E-state index contributed by atoms with van der Waals surface area (Å²) in [4.78, 5) is 15.6. The summed E-state index contributed by atoms with van der Waals surface area (Å²) < 4.78 is 3.92. The van der Waals surface area contributed by atoms with Gasteiger partial charge in [0.25, 0.3) is 5.56 Å². The van der Waals surface area contributed by atoms with Gasteiger partial charge >= 0.3 is 0 Å². The molecule has 0 radical (unpaired) electrons. The Morgan fingerprint density at radius 2 is 2.23 bits per heavy atom. The van der Waals surface area contributed by atoms with Crippen molar-refractivity contribution in [1.82, 2.24) is 19.2 Å². The van der Waals surface area contributed by atoms with E-state index >= 15 is 0 Å².